The maximum absolute atomic E-state index is 12.4. The van der Waals surface area contributed by atoms with Gasteiger partial charge in [0.15, 0.2) is 4.90 Å². The molecule has 11 heteroatoms. The molecule has 0 spiro atoms. The summed E-state index contributed by atoms with van der Waals surface area (Å²) < 4.78 is 32.6. The predicted octanol–water partition coefficient (Wildman–Crippen LogP) is 1.58. The Balaban J connectivity index is 1.56. The monoisotopic (exact) mass is 411 g/mol. The Morgan fingerprint density at radius 3 is 2.10 bits per heavy atom. The van der Waals surface area contributed by atoms with Gasteiger partial charge in [0.1, 0.15) is 0 Å². The number of sulfonamides is 1. The number of rotatable bonds is 5. The van der Waals surface area contributed by atoms with E-state index in [4.69, 9.17) is 4.42 Å². The van der Waals surface area contributed by atoms with Crippen LogP contribution >= 0.6 is 0 Å². The number of nitrogens with zero attached hydrogens (tertiary/aromatic N) is 2. The first kappa shape index (κ1) is 18.4. The zero-order chi connectivity index (χ0) is 20.4. The van der Waals surface area contributed by atoms with E-state index >= 15 is 0 Å². The molecule has 0 fully saturated rings. The quantitative estimate of drug-likeness (QED) is 0.451. The molecule has 0 bridgehead atoms. The van der Waals surface area contributed by atoms with Crippen LogP contribution in [-0.2, 0) is 10.0 Å². The number of aromatic nitrogens is 4. The molecular weight excluding hydrogens is 398 g/mol. The zero-order valence-corrected chi connectivity index (χ0v) is 15.4. The fourth-order valence-electron chi connectivity index (χ4n) is 2.53. The van der Waals surface area contributed by atoms with Crippen molar-refractivity contribution in [3.63, 3.8) is 0 Å². The molecule has 146 valence electrons. The predicted molar refractivity (Wildman–Crippen MR) is 104 cm³/mol. The number of hydrogen-bond acceptors (Lipinski definition) is 7. The van der Waals surface area contributed by atoms with Gasteiger partial charge in [-0.3, -0.25) is 14.5 Å². The van der Waals surface area contributed by atoms with Crippen molar-refractivity contribution in [2.45, 2.75) is 4.90 Å². The summed E-state index contributed by atoms with van der Waals surface area (Å²) in [5.74, 6) is 0.637. The van der Waals surface area contributed by atoms with Gasteiger partial charge in [0.25, 0.3) is 15.6 Å². The van der Waals surface area contributed by atoms with Gasteiger partial charge in [-0.1, -0.05) is 18.2 Å². The second-order valence-corrected chi connectivity index (χ2v) is 7.55. The summed E-state index contributed by atoms with van der Waals surface area (Å²) in [5.41, 5.74) is -0.238. The third-order valence-corrected chi connectivity index (χ3v) is 5.29. The second kappa shape index (κ2) is 7.20. The molecule has 0 atom stereocenters. The van der Waals surface area contributed by atoms with E-state index in [1.807, 2.05) is 35.3 Å². The highest BCUT2D eigenvalue weighted by atomic mass is 32.2. The van der Waals surface area contributed by atoms with Gasteiger partial charge in [0.05, 0.1) is 0 Å². The van der Waals surface area contributed by atoms with E-state index in [0.717, 1.165) is 11.8 Å². The Morgan fingerprint density at radius 1 is 0.862 bits per heavy atom. The van der Waals surface area contributed by atoms with Gasteiger partial charge < -0.3 is 9.40 Å². The third kappa shape index (κ3) is 3.84. The Hall–Kier alpha value is -3.99. The lowest BCUT2D eigenvalue weighted by Gasteiger charge is -2.07. The molecule has 2 aromatic carbocycles. The Kier molecular flexibility index (Phi) is 4.56. The van der Waals surface area contributed by atoms with Crippen LogP contribution in [0.5, 0.6) is 0 Å². The van der Waals surface area contributed by atoms with Crippen molar-refractivity contribution >= 4 is 15.7 Å². The van der Waals surface area contributed by atoms with Crippen LogP contribution in [0.1, 0.15) is 0 Å². The van der Waals surface area contributed by atoms with E-state index in [0.29, 0.717) is 11.5 Å². The van der Waals surface area contributed by atoms with Crippen LogP contribution in [0, 0.1) is 0 Å². The molecule has 4 rings (SSSR count). The second-order valence-electron chi connectivity index (χ2n) is 5.90. The topological polar surface area (TPSA) is 151 Å². The molecule has 4 aromatic rings. The van der Waals surface area contributed by atoms with Crippen LogP contribution < -0.4 is 16.0 Å². The molecule has 0 unspecified atom stereocenters. The van der Waals surface area contributed by atoms with Gasteiger partial charge >= 0.3 is 5.69 Å². The van der Waals surface area contributed by atoms with Gasteiger partial charge in [0.2, 0.25) is 11.8 Å². The van der Waals surface area contributed by atoms with Crippen molar-refractivity contribution < 1.29 is 12.8 Å². The Labute approximate surface area is 163 Å². The van der Waals surface area contributed by atoms with E-state index in [1.54, 1.807) is 12.1 Å². The summed E-state index contributed by atoms with van der Waals surface area (Å²) >= 11 is 0. The van der Waals surface area contributed by atoms with Crippen LogP contribution in [0.2, 0.25) is 0 Å². The van der Waals surface area contributed by atoms with Crippen molar-refractivity contribution in [2.24, 2.45) is 0 Å². The molecule has 0 amide bonds. The first-order valence-corrected chi connectivity index (χ1v) is 9.75. The van der Waals surface area contributed by atoms with Gasteiger partial charge in [-0.2, -0.15) is 0 Å². The molecule has 0 aliphatic carbocycles. The van der Waals surface area contributed by atoms with Crippen LogP contribution in [0.15, 0.2) is 79.7 Å². The minimum Gasteiger partial charge on any atom is -0.416 e. The van der Waals surface area contributed by atoms with E-state index in [2.05, 4.69) is 19.9 Å². The molecule has 10 nitrogen and oxygen atoms in total. The summed E-state index contributed by atoms with van der Waals surface area (Å²) in [5, 5.41) is 8.01. The maximum Gasteiger partial charge on any atom is 0.325 e. The molecule has 3 N–H and O–H groups in total. The molecular formula is C18H13N5O5S. The molecule has 2 heterocycles. The first-order valence-electron chi connectivity index (χ1n) is 8.26. The summed E-state index contributed by atoms with van der Waals surface area (Å²) in [6.45, 7) is 0. The zero-order valence-electron chi connectivity index (χ0n) is 14.6. The van der Waals surface area contributed by atoms with Crippen LogP contribution in [0.3, 0.4) is 0 Å². The van der Waals surface area contributed by atoms with Crippen LogP contribution in [0.4, 0.5) is 5.69 Å². The smallest absolute Gasteiger partial charge is 0.325 e. The van der Waals surface area contributed by atoms with Gasteiger partial charge in [-0.25, -0.2) is 13.2 Å². The number of nitrogens with one attached hydrogen (secondary N) is 3. The standard InChI is InChI=1S/C18H13N5O5S/c24-15-14(10-19-18(25)20-15)29(26,27)23-13-8-6-12(7-9-13)17-22-21-16(28-17)11-4-2-1-3-5-11/h1-10,23H,(H2,19,20,24,25). The lowest BCUT2D eigenvalue weighted by molar-refractivity contribution is 0.584. The van der Waals surface area contributed by atoms with E-state index in [9.17, 15) is 18.0 Å². The van der Waals surface area contributed by atoms with E-state index in [1.165, 1.54) is 12.1 Å². The SMILES string of the molecule is O=c1[nH]cc(S(=O)(=O)Nc2ccc(-c3nnc(-c4ccccc4)o3)cc2)c(=O)[nH]1. The number of aromatic amines is 2. The highest BCUT2D eigenvalue weighted by Gasteiger charge is 2.19. The van der Waals surface area contributed by atoms with Crippen molar-refractivity contribution in [3.8, 4) is 22.9 Å². The lowest BCUT2D eigenvalue weighted by atomic mass is 10.2. The van der Waals surface area contributed by atoms with Crippen molar-refractivity contribution in [3.05, 3.63) is 81.6 Å². The minimum atomic E-state index is -4.19. The highest BCUT2D eigenvalue weighted by molar-refractivity contribution is 7.92. The summed E-state index contributed by atoms with van der Waals surface area (Å²) in [6.07, 6.45) is 0.835. The molecule has 2 aromatic heterocycles. The fraction of sp³-hybridized carbons (Fsp3) is 0. The Morgan fingerprint density at radius 2 is 1.48 bits per heavy atom. The molecule has 0 saturated carbocycles. The van der Waals surface area contributed by atoms with Gasteiger partial charge in [-0.15, -0.1) is 10.2 Å². The molecule has 0 aliphatic heterocycles. The number of anilines is 1. The summed E-state index contributed by atoms with van der Waals surface area (Å²) in [4.78, 5) is 26.1. The largest absolute Gasteiger partial charge is 0.416 e. The van der Waals surface area contributed by atoms with Gasteiger partial charge in [-0.05, 0) is 36.4 Å². The summed E-state index contributed by atoms with van der Waals surface area (Å²) in [7, 11) is -4.19. The average Bonchev–Trinajstić information content (AvgIpc) is 3.19. The maximum atomic E-state index is 12.4. The van der Waals surface area contributed by atoms with E-state index < -0.39 is 26.2 Å². The van der Waals surface area contributed by atoms with E-state index in [-0.39, 0.29) is 11.6 Å². The third-order valence-electron chi connectivity index (χ3n) is 3.90. The highest BCUT2D eigenvalue weighted by Crippen LogP contribution is 2.25. The molecule has 0 aliphatic rings. The average molecular weight is 411 g/mol. The normalized spacial score (nSPS) is 11.3. The number of benzene rings is 2. The Bertz CT molecular complexity index is 1370. The van der Waals surface area contributed by atoms with Crippen LogP contribution in [-0.4, -0.2) is 28.6 Å². The first-order chi connectivity index (χ1) is 13.9. The number of hydrogen-bond donors (Lipinski definition) is 3. The van der Waals surface area contributed by atoms with Crippen molar-refractivity contribution in [1.29, 1.82) is 0 Å². The molecule has 0 saturated heterocycles. The molecule has 0 radical (unpaired) electrons. The number of H-pyrrole nitrogens is 2. The molecule has 29 heavy (non-hydrogen) atoms. The summed E-state index contributed by atoms with van der Waals surface area (Å²) in [6, 6.07) is 15.4. The van der Waals surface area contributed by atoms with Crippen LogP contribution in [0.25, 0.3) is 22.9 Å². The van der Waals surface area contributed by atoms with Gasteiger partial charge in [0, 0.05) is 23.0 Å². The van der Waals surface area contributed by atoms with Crippen molar-refractivity contribution in [2.75, 3.05) is 4.72 Å². The van der Waals surface area contributed by atoms with Crippen molar-refractivity contribution in [1.82, 2.24) is 20.2 Å². The fourth-order valence-corrected chi connectivity index (χ4v) is 3.59. The minimum absolute atomic E-state index is 0.210. The lowest BCUT2D eigenvalue weighted by Crippen LogP contribution is -2.29.